The van der Waals surface area contributed by atoms with Crippen molar-refractivity contribution in [2.24, 2.45) is 5.84 Å². The Morgan fingerprint density at radius 2 is 1.81 bits per heavy atom. The largest absolute Gasteiger partial charge is 0.353 e. The number of nitrogens with one attached hydrogen (secondary N) is 2. The van der Waals surface area contributed by atoms with E-state index in [1.54, 1.807) is 0 Å². The number of nitrogen functional groups attached to an aromatic ring is 1. The number of nitrogens with zero attached hydrogens (tertiary/aromatic N) is 4. The zero-order valence-electron chi connectivity index (χ0n) is 12.0. The number of hydrogen-bond acceptors (Lipinski definition) is 9. The maximum atomic E-state index is 11.1. The molecule has 2 rings (SSSR count). The highest BCUT2D eigenvalue weighted by atomic mass is 32.2. The van der Waals surface area contributed by atoms with Crippen LogP contribution in [0.5, 0.6) is 0 Å². The molecule has 1 saturated heterocycles. The Labute approximate surface area is 124 Å². The summed E-state index contributed by atoms with van der Waals surface area (Å²) in [7, 11) is -3.02. The number of hydrogen-bond donors (Lipinski definition) is 3. The van der Waals surface area contributed by atoms with E-state index in [2.05, 4.69) is 30.6 Å². The Bertz CT molecular complexity index is 572. The zero-order valence-corrected chi connectivity index (χ0v) is 12.9. The second-order valence-electron chi connectivity index (χ2n) is 5.03. The summed E-state index contributed by atoms with van der Waals surface area (Å²) in [4.78, 5) is 14.7. The van der Waals surface area contributed by atoms with Crippen molar-refractivity contribution in [1.82, 2.24) is 15.0 Å². The summed E-state index contributed by atoms with van der Waals surface area (Å²) in [5, 5.41) is 2.89. The van der Waals surface area contributed by atoms with Crippen LogP contribution in [-0.2, 0) is 9.84 Å². The van der Waals surface area contributed by atoms with Gasteiger partial charge in [0.2, 0.25) is 17.8 Å². The summed E-state index contributed by atoms with van der Waals surface area (Å²) in [6.07, 6.45) is 4.61. The minimum absolute atomic E-state index is 0.0170. The van der Waals surface area contributed by atoms with Gasteiger partial charge in [-0.05, 0) is 19.3 Å². The Hall–Kier alpha value is -1.68. The average Bonchev–Trinajstić information content (AvgIpc) is 2.46. The van der Waals surface area contributed by atoms with Gasteiger partial charge in [-0.25, -0.2) is 14.3 Å². The number of sulfone groups is 1. The van der Waals surface area contributed by atoms with Crippen LogP contribution in [0, 0.1) is 0 Å². The third-order valence-electron chi connectivity index (χ3n) is 3.15. The number of hydrazine groups is 1. The highest BCUT2D eigenvalue weighted by Gasteiger charge is 2.16. The SMILES string of the molecule is CS(=O)(=O)CCNc1nc(NN)nc(N2CCCCC2)n1. The molecule has 0 amide bonds. The van der Waals surface area contributed by atoms with Gasteiger partial charge in [0.05, 0.1) is 5.75 Å². The molecule has 0 bridgehead atoms. The average molecular weight is 315 g/mol. The van der Waals surface area contributed by atoms with Crippen molar-refractivity contribution in [2.45, 2.75) is 19.3 Å². The predicted molar refractivity (Wildman–Crippen MR) is 81.9 cm³/mol. The van der Waals surface area contributed by atoms with Crippen molar-refractivity contribution in [3.05, 3.63) is 0 Å². The third kappa shape index (κ3) is 4.97. The van der Waals surface area contributed by atoms with Gasteiger partial charge in [0.25, 0.3) is 0 Å². The molecule has 0 aromatic carbocycles. The highest BCUT2D eigenvalue weighted by molar-refractivity contribution is 7.90. The summed E-state index contributed by atoms with van der Waals surface area (Å²) >= 11 is 0. The van der Waals surface area contributed by atoms with E-state index < -0.39 is 9.84 Å². The molecule has 0 saturated carbocycles. The predicted octanol–water partition coefficient (Wildman–Crippen LogP) is -0.396. The second-order valence-corrected chi connectivity index (χ2v) is 7.29. The lowest BCUT2D eigenvalue weighted by molar-refractivity contribution is 0.568. The van der Waals surface area contributed by atoms with E-state index in [-0.39, 0.29) is 18.2 Å². The van der Waals surface area contributed by atoms with E-state index in [9.17, 15) is 8.42 Å². The van der Waals surface area contributed by atoms with Crippen LogP contribution < -0.4 is 21.5 Å². The van der Waals surface area contributed by atoms with Crippen LogP contribution in [0.4, 0.5) is 17.8 Å². The first-order valence-electron chi connectivity index (χ1n) is 6.87. The van der Waals surface area contributed by atoms with E-state index in [0.29, 0.717) is 11.9 Å². The Balaban J connectivity index is 2.09. The van der Waals surface area contributed by atoms with E-state index in [4.69, 9.17) is 5.84 Å². The molecule has 1 aliphatic rings. The van der Waals surface area contributed by atoms with Crippen molar-refractivity contribution in [1.29, 1.82) is 0 Å². The standard InChI is InChI=1S/C11H21N7O2S/c1-21(19,20)8-5-13-9-14-10(17-12)16-11(15-9)18-6-3-2-4-7-18/h2-8,12H2,1H3,(H2,13,14,15,16,17). The van der Waals surface area contributed by atoms with Crippen LogP contribution in [0.25, 0.3) is 0 Å². The van der Waals surface area contributed by atoms with Gasteiger partial charge in [-0.1, -0.05) is 0 Å². The fourth-order valence-electron chi connectivity index (χ4n) is 2.09. The molecule has 0 atom stereocenters. The molecular formula is C11H21N7O2S. The molecule has 0 unspecified atom stereocenters. The summed E-state index contributed by atoms with van der Waals surface area (Å²) in [6.45, 7) is 2.04. The van der Waals surface area contributed by atoms with Crippen LogP contribution in [0.15, 0.2) is 0 Å². The molecule has 1 aliphatic heterocycles. The van der Waals surface area contributed by atoms with Gasteiger partial charge in [-0.15, -0.1) is 0 Å². The smallest absolute Gasteiger partial charge is 0.243 e. The molecule has 1 fully saturated rings. The van der Waals surface area contributed by atoms with E-state index in [1.807, 2.05) is 0 Å². The van der Waals surface area contributed by atoms with E-state index in [0.717, 1.165) is 25.9 Å². The second kappa shape index (κ2) is 6.85. The monoisotopic (exact) mass is 315 g/mol. The molecular weight excluding hydrogens is 294 g/mol. The fraction of sp³-hybridized carbons (Fsp3) is 0.727. The van der Waals surface area contributed by atoms with Gasteiger partial charge in [0.15, 0.2) is 0 Å². The number of anilines is 3. The molecule has 21 heavy (non-hydrogen) atoms. The van der Waals surface area contributed by atoms with Gasteiger partial charge in [0.1, 0.15) is 9.84 Å². The van der Waals surface area contributed by atoms with E-state index >= 15 is 0 Å². The third-order valence-corrected chi connectivity index (χ3v) is 4.09. The topological polar surface area (TPSA) is 126 Å². The molecule has 0 spiro atoms. The molecule has 0 aliphatic carbocycles. The Morgan fingerprint density at radius 3 is 2.43 bits per heavy atom. The number of rotatable bonds is 6. The van der Waals surface area contributed by atoms with Gasteiger partial charge < -0.3 is 10.2 Å². The fourth-order valence-corrected chi connectivity index (χ4v) is 2.56. The lowest BCUT2D eigenvalue weighted by Gasteiger charge is -2.26. The molecule has 118 valence electrons. The number of aromatic nitrogens is 3. The van der Waals surface area contributed by atoms with E-state index in [1.165, 1.54) is 12.7 Å². The maximum Gasteiger partial charge on any atom is 0.243 e. The van der Waals surface area contributed by atoms with Gasteiger partial charge in [-0.3, -0.25) is 5.43 Å². The molecule has 1 aromatic heterocycles. The summed E-state index contributed by atoms with van der Waals surface area (Å²) in [5.74, 6) is 6.52. The van der Waals surface area contributed by atoms with Gasteiger partial charge in [0, 0.05) is 25.9 Å². The van der Waals surface area contributed by atoms with Crippen LogP contribution >= 0.6 is 0 Å². The van der Waals surface area contributed by atoms with Crippen molar-refractivity contribution < 1.29 is 8.42 Å². The number of nitrogens with two attached hydrogens (primary N) is 1. The first-order chi connectivity index (χ1) is 9.98. The first-order valence-corrected chi connectivity index (χ1v) is 8.93. The quantitative estimate of drug-likeness (QED) is 0.475. The molecule has 0 radical (unpaired) electrons. The van der Waals surface area contributed by atoms with Crippen LogP contribution in [0.1, 0.15) is 19.3 Å². The summed E-state index contributed by atoms with van der Waals surface area (Å²) in [5.41, 5.74) is 2.41. The first kappa shape index (κ1) is 15.7. The van der Waals surface area contributed by atoms with Crippen LogP contribution in [-0.4, -0.2) is 55.0 Å². The summed E-state index contributed by atoms with van der Waals surface area (Å²) in [6, 6.07) is 0. The van der Waals surface area contributed by atoms with Gasteiger partial charge in [-0.2, -0.15) is 15.0 Å². The molecule has 1 aromatic rings. The highest BCUT2D eigenvalue weighted by Crippen LogP contribution is 2.18. The Kier molecular flexibility index (Phi) is 5.12. The van der Waals surface area contributed by atoms with Crippen LogP contribution in [0.3, 0.4) is 0 Å². The van der Waals surface area contributed by atoms with Crippen molar-refractivity contribution in [3.63, 3.8) is 0 Å². The Morgan fingerprint density at radius 1 is 1.14 bits per heavy atom. The van der Waals surface area contributed by atoms with Crippen molar-refractivity contribution >= 4 is 27.7 Å². The maximum absolute atomic E-state index is 11.1. The summed E-state index contributed by atoms with van der Waals surface area (Å²) < 4.78 is 22.3. The lowest BCUT2D eigenvalue weighted by Crippen LogP contribution is -2.32. The van der Waals surface area contributed by atoms with Crippen molar-refractivity contribution in [2.75, 3.05) is 47.3 Å². The molecule has 9 nitrogen and oxygen atoms in total. The molecule has 10 heteroatoms. The minimum atomic E-state index is -3.02. The zero-order chi connectivity index (χ0) is 15.3. The lowest BCUT2D eigenvalue weighted by atomic mass is 10.1. The van der Waals surface area contributed by atoms with Gasteiger partial charge >= 0.3 is 0 Å². The minimum Gasteiger partial charge on any atom is -0.353 e. The molecule has 4 N–H and O–H groups in total. The van der Waals surface area contributed by atoms with Crippen LogP contribution in [0.2, 0.25) is 0 Å². The van der Waals surface area contributed by atoms with Crippen molar-refractivity contribution in [3.8, 4) is 0 Å². The normalized spacial score (nSPS) is 15.8. The number of piperidine rings is 1. The molecule has 2 heterocycles.